The summed E-state index contributed by atoms with van der Waals surface area (Å²) in [6.45, 7) is 5.31. The summed E-state index contributed by atoms with van der Waals surface area (Å²) in [5.74, 6) is -0.0259. The molecule has 7 nitrogen and oxygen atoms in total. The lowest BCUT2D eigenvalue weighted by atomic mass is 10.1. The van der Waals surface area contributed by atoms with Gasteiger partial charge < -0.3 is 25.7 Å². The van der Waals surface area contributed by atoms with Crippen molar-refractivity contribution in [2.45, 2.75) is 26.3 Å². The maximum atomic E-state index is 13.8. The van der Waals surface area contributed by atoms with E-state index in [4.69, 9.17) is 21.7 Å². The Kier molecular flexibility index (Phi) is 5.62. The normalized spacial score (nSPS) is 23.9. The van der Waals surface area contributed by atoms with E-state index in [1.807, 2.05) is 6.92 Å². The van der Waals surface area contributed by atoms with E-state index >= 15 is 0 Å². The first kappa shape index (κ1) is 20.6. The summed E-state index contributed by atoms with van der Waals surface area (Å²) < 4.78 is 19.5. The summed E-state index contributed by atoms with van der Waals surface area (Å²) in [6.07, 6.45) is 0.990. The SMILES string of the molecule is CC1=N/C(=C2\CN(C(=O)c3ccc(F)cc3OC[C@@H]3CCN3)CC2=N)NC(C)=C1Cl. The van der Waals surface area contributed by atoms with Gasteiger partial charge in [0.05, 0.1) is 35.1 Å². The second-order valence-electron chi connectivity index (χ2n) is 7.62. The Morgan fingerprint density at radius 2 is 2.17 bits per heavy atom. The zero-order chi connectivity index (χ0) is 21.4. The summed E-state index contributed by atoms with van der Waals surface area (Å²) in [6, 6.07) is 4.13. The predicted octanol–water partition coefficient (Wildman–Crippen LogP) is 2.79. The first-order valence-electron chi connectivity index (χ1n) is 9.78. The summed E-state index contributed by atoms with van der Waals surface area (Å²) >= 11 is 6.18. The van der Waals surface area contributed by atoms with Crippen LogP contribution in [0.5, 0.6) is 5.75 Å². The first-order valence-corrected chi connectivity index (χ1v) is 10.2. The van der Waals surface area contributed by atoms with Crippen molar-refractivity contribution in [2.24, 2.45) is 4.99 Å². The van der Waals surface area contributed by atoms with Crippen LogP contribution in [-0.4, -0.2) is 54.5 Å². The fourth-order valence-corrected chi connectivity index (χ4v) is 3.61. The van der Waals surface area contributed by atoms with Gasteiger partial charge in [0.15, 0.2) is 0 Å². The van der Waals surface area contributed by atoms with Crippen LogP contribution in [0.15, 0.2) is 45.3 Å². The molecule has 1 atom stereocenters. The van der Waals surface area contributed by atoms with Gasteiger partial charge in [0.2, 0.25) is 0 Å². The number of rotatable bonds is 4. The van der Waals surface area contributed by atoms with Crippen LogP contribution >= 0.6 is 11.6 Å². The van der Waals surface area contributed by atoms with Crippen molar-refractivity contribution < 1.29 is 13.9 Å². The molecule has 1 aromatic carbocycles. The van der Waals surface area contributed by atoms with E-state index in [9.17, 15) is 9.18 Å². The molecule has 0 unspecified atom stereocenters. The number of halogens is 2. The van der Waals surface area contributed by atoms with Gasteiger partial charge in [-0.1, -0.05) is 11.6 Å². The van der Waals surface area contributed by atoms with Gasteiger partial charge in [-0.3, -0.25) is 4.79 Å². The fourth-order valence-electron chi connectivity index (χ4n) is 3.53. The quantitative estimate of drug-likeness (QED) is 0.683. The molecule has 0 radical (unpaired) electrons. The van der Waals surface area contributed by atoms with E-state index in [1.54, 1.807) is 6.92 Å². The second kappa shape index (κ2) is 8.20. The lowest BCUT2D eigenvalue weighted by Crippen LogP contribution is -2.46. The van der Waals surface area contributed by atoms with Crippen molar-refractivity contribution in [3.63, 3.8) is 0 Å². The Morgan fingerprint density at radius 3 is 2.83 bits per heavy atom. The molecule has 0 bridgehead atoms. The van der Waals surface area contributed by atoms with E-state index < -0.39 is 5.82 Å². The fraction of sp³-hybridized carbons (Fsp3) is 0.381. The number of ether oxygens (including phenoxy) is 1. The molecule has 1 aromatic rings. The van der Waals surface area contributed by atoms with E-state index in [-0.39, 0.29) is 36.4 Å². The van der Waals surface area contributed by atoms with Crippen molar-refractivity contribution in [3.05, 3.63) is 51.7 Å². The standard InChI is InChI=1S/C21H23ClFN5O2/c1-11-19(22)12(2)27-20(26-11)16-8-28(9-17(16)24)21(29)15-4-3-13(23)7-18(15)30-10-14-5-6-25-14/h3-4,7,14,24-26H,5-6,8-10H2,1-2H3/b20-16+,24-17?/t14-/m0/s1. The van der Waals surface area contributed by atoms with Gasteiger partial charge in [0.1, 0.15) is 24.0 Å². The number of allylic oxidation sites excluding steroid dienone is 2. The number of likely N-dealkylation sites (tertiary alicyclic amines) is 1. The van der Waals surface area contributed by atoms with E-state index in [0.29, 0.717) is 34.5 Å². The molecule has 3 aliphatic rings. The molecular weight excluding hydrogens is 409 g/mol. The molecule has 30 heavy (non-hydrogen) atoms. The smallest absolute Gasteiger partial charge is 0.258 e. The molecular formula is C21H23ClFN5O2. The third kappa shape index (κ3) is 3.97. The van der Waals surface area contributed by atoms with Crippen LogP contribution in [0, 0.1) is 11.2 Å². The predicted molar refractivity (Wildman–Crippen MR) is 114 cm³/mol. The highest BCUT2D eigenvalue weighted by Gasteiger charge is 2.32. The molecule has 3 heterocycles. The van der Waals surface area contributed by atoms with Crippen molar-refractivity contribution >= 4 is 28.9 Å². The molecule has 2 fully saturated rings. The third-order valence-electron chi connectivity index (χ3n) is 5.41. The Morgan fingerprint density at radius 1 is 1.40 bits per heavy atom. The van der Waals surface area contributed by atoms with Crippen molar-refractivity contribution in [1.29, 1.82) is 5.41 Å². The van der Waals surface area contributed by atoms with Gasteiger partial charge >= 0.3 is 0 Å². The minimum absolute atomic E-state index is 0.144. The van der Waals surface area contributed by atoms with Gasteiger partial charge in [0.25, 0.3) is 5.91 Å². The van der Waals surface area contributed by atoms with E-state index in [0.717, 1.165) is 18.7 Å². The largest absolute Gasteiger partial charge is 0.491 e. The van der Waals surface area contributed by atoms with E-state index in [1.165, 1.54) is 23.1 Å². The molecule has 3 aliphatic heterocycles. The number of hydrogen-bond donors (Lipinski definition) is 3. The zero-order valence-electron chi connectivity index (χ0n) is 16.8. The Balaban J connectivity index is 1.55. The number of benzene rings is 1. The van der Waals surface area contributed by atoms with Gasteiger partial charge in [0, 0.05) is 23.4 Å². The van der Waals surface area contributed by atoms with E-state index in [2.05, 4.69) is 15.6 Å². The number of amides is 1. The molecule has 9 heteroatoms. The highest BCUT2D eigenvalue weighted by atomic mass is 35.5. The minimum atomic E-state index is -0.463. The van der Waals surface area contributed by atoms with Crippen LogP contribution in [0.1, 0.15) is 30.6 Å². The van der Waals surface area contributed by atoms with Gasteiger partial charge in [-0.2, -0.15) is 0 Å². The van der Waals surface area contributed by atoms with Crippen molar-refractivity contribution in [3.8, 4) is 5.75 Å². The third-order valence-corrected chi connectivity index (χ3v) is 5.96. The summed E-state index contributed by atoms with van der Waals surface area (Å²) in [4.78, 5) is 19.1. The van der Waals surface area contributed by atoms with Crippen LogP contribution in [-0.2, 0) is 0 Å². The zero-order valence-corrected chi connectivity index (χ0v) is 17.6. The summed E-state index contributed by atoms with van der Waals surface area (Å²) in [5.41, 5.74) is 2.63. The second-order valence-corrected chi connectivity index (χ2v) is 8.00. The van der Waals surface area contributed by atoms with Crippen molar-refractivity contribution in [1.82, 2.24) is 15.5 Å². The number of aliphatic imine (C=N–C) groups is 1. The first-order chi connectivity index (χ1) is 14.3. The average molecular weight is 432 g/mol. The van der Waals surface area contributed by atoms with Crippen LogP contribution in [0.25, 0.3) is 0 Å². The monoisotopic (exact) mass is 431 g/mol. The molecule has 0 saturated carbocycles. The summed E-state index contributed by atoms with van der Waals surface area (Å²) in [7, 11) is 0. The van der Waals surface area contributed by atoms with Gasteiger partial charge in [-0.25, -0.2) is 9.38 Å². The highest BCUT2D eigenvalue weighted by Crippen LogP contribution is 2.27. The number of nitrogens with zero attached hydrogens (tertiary/aromatic N) is 2. The molecule has 0 aliphatic carbocycles. The van der Waals surface area contributed by atoms with Crippen molar-refractivity contribution in [2.75, 3.05) is 26.2 Å². The Labute approximate surface area is 179 Å². The lowest BCUT2D eigenvalue weighted by Gasteiger charge is -2.28. The molecule has 0 spiro atoms. The Bertz CT molecular complexity index is 1010. The van der Waals surface area contributed by atoms with Crippen LogP contribution in [0.2, 0.25) is 0 Å². The number of nitrogens with one attached hydrogen (secondary N) is 3. The summed E-state index contributed by atoms with van der Waals surface area (Å²) in [5, 5.41) is 15.2. The maximum Gasteiger partial charge on any atom is 0.258 e. The molecule has 3 N–H and O–H groups in total. The maximum absolute atomic E-state index is 13.8. The molecule has 2 saturated heterocycles. The molecule has 0 aromatic heterocycles. The van der Waals surface area contributed by atoms with Crippen LogP contribution in [0.3, 0.4) is 0 Å². The number of carbonyl (C=O) groups excluding carboxylic acids is 1. The van der Waals surface area contributed by atoms with Crippen LogP contribution in [0.4, 0.5) is 4.39 Å². The molecule has 158 valence electrons. The topological polar surface area (TPSA) is 89.8 Å². The molecule has 4 rings (SSSR count). The lowest BCUT2D eigenvalue weighted by molar-refractivity contribution is 0.0798. The van der Waals surface area contributed by atoms with Gasteiger partial charge in [-0.05, 0) is 38.9 Å². The van der Waals surface area contributed by atoms with Gasteiger partial charge in [-0.15, -0.1) is 0 Å². The highest BCUT2D eigenvalue weighted by molar-refractivity contribution is 6.43. The average Bonchev–Trinajstić information content (AvgIpc) is 3.06. The minimum Gasteiger partial charge on any atom is -0.491 e. The number of hydrogen-bond acceptors (Lipinski definition) is 6. The molecule has 1 amide bonds. The Hall–Kier alpha value is -2.71. The van der Waals surface area contributed by atoms with Crippen LogP contribution < -0.4 is 15.4 Å². The number of carbonyl (C=O) groups is 1.